The van der Waals surface area contributed by atoms with Gasteiger partial charge in [-0.25, -0.2) is 4.39 Å². The second-order valence-electron chi connectivity index (χ2n) is 9.48. The minimum Gasteiger partial charge on any atom is -0.362 e. The van der Waals surface area contributed by atoms with E-state index < -0.39 is 7.14 Å². The van der Waals surface area contributed by atoms with Crippen molar-refractivity contribution >= 4 is 29.7 Å². The summed E-state index contributed by atoms with van der Waals surface area (Å²) < 4.78 is 28.5. The second-order valence-corrected chi connectivity index (χ2v) is 12.8. The van der Waals surface area contributed by atoms with Crippen LogP contribution >= 0.6 is 7.14 Å². The van der Waals surface area contributed by atoms with E-state index in [4.69, 9.17) is 6.57 Å². The Balaban J connectivity index is 1.75. The number of pyridine rings is 2. The molecule has 3 aromatic rings. The molecular weight excluding hydrogens is 452 g/mol. The highest BCUT2D eigenvalue weighted by Crippen LogP contribution is 2.55. The topological polar surface area (TPSA) is 62.8 Å². The summed E-state index contributed by atoms with van der Waals surface area (Å²) in [5, 5.41) is 0. The fourth-order valence-electron chi connectivity index (χ4n) is 4.96. The molecule has 4 rings (SSSR count). The van der Waals surface area contributed by atoms with Gasteiger partial charge in [-0.05, 0) is 57.0 Å². The van der Waals surface area contributed by atoms with Gasteiger partial charge in [-0.1, -0.05) is 18.7 Å². The Morgan fingerprint density at radius 3 is 2.41 bits per heavy atom. The number of rotatable bonds is 4. The average molecular weight is 482 g/mol. The van der Waals surface area contributed by atoms with Crippen molar-refractivity contribution in [3.63, 3.8) is 0 Å². The van der Waals surface area contributed by atoms with Crippen LogP contribution in [-0.4, -0.2) is 53.0 Å². The van der Waals surface area contributed by atoms with E-state index in [-0.39, 0.29) is 35.1 Å². The molecule has 0 saturated carbocycles. The molecule has 7 nitrogen and oxygen atoms in total. The van der Waals surface area contributed by atoms with E-state index >= 15 is 0 Å². The van der Waals surface area contributed by atoms with Crippen LogP contribution in [0.3, 0.4) is 0 Å². The van der Waals surface area contributed by atoms with E-state index in [1.54, 1.807) is 55.3 Å². The summed E-state index contributed by atoms with van der Waals surface area (Å²) in [5.74, 6) is -0.375. The SMILES string of the molecule is [C-]#[N+]c1ccc2c(n1)c(N1C[C@@H](C)N(C(c3ccc(F)cc3)P(C)(C)=O)C[C@@H]1C)cc(=O)n2C. The maximum atomic E-state index is 13.6. The number of fused-ring (bicyclic) bond motifs is 1. The molecule has 1 fully saturated rings. The lowest BCUT2D eigenvalue weighted by Gasteiger charge is -2.49. The summed E-state index contributed by atoms with van der Waals surface area (Å²) in [7, 11) is -0.916. The molecule has 3 atom stereocenters. The highest BCUT2D eigenvalue weighted by molar-refractivity contribution is 7.62. The molecule has 3 heterocycles. The Labute approximate surface area is 199 Å². The van der Waals surface area contributed by atoms with Gasteiger partial charge < -0.3 is 18.9 Å². The lowest BCUT2D eigenvalue weighted by molar-refractivity contribution is 0.147. The van der Waals surface area contributed by atoms with Gasteiger partial charge in [0.2, 0.25) is 5.52 Å². The van der Waals surface area contributed by atoms with Gasteiger partial charge in [-0.2, -0.15) is 0 Å². The van der Waals surface area contributed by atoms with Crippen molar-refractivity contribution in [3.8, 4) is 0 Å². The summed E-state index contributed by atoms with van der Waals surface area (Å²) in [6.45, 7) is 16.2. The van der Waals surface area contributed by atoms with Crippen molar-refractivity contribution in [2.45, 2.75) is 31.7 Å². The quantitative estimate of drug-likeness (QED) is 0.394. The maximum absolute atomic E-state index is 13.6. The minimum atomic E-state index is -2.62. The van der Waals surface area contributed by atoms with Crippen molar-refractivity contribution in [1.82, 2.24) is 14.5 Å². The third-order valence-corrected chi connectivity index (χ3v) is 8.36. The Morgan fingerprint density at radius 1 is 1.12 bits per heavy atom. The zero-order valence-corrected chi connectivity index (χ0v) is 21.0. The molecule has 0 amide bonds. The van der Waals surface area contributed by atoms with Crippen LogP contribution in [0.4, 0.5) is 15.9 Å². The molecule has 1 unspecified atom stereocenters. The highest BCUT2D eigenvalue weighted by Gasteiger charge is 2.40. The first-order chi connectivity index (χ1) is 16.0. The van der Waals surface area contributed by atoms with Crippen LogP contribution in [0.15, 0.2) is 47.3 Å². The number of aryl methyl sites for hydroxylation is 1. The average Bonchev–Trinajstić information content (AvgIpc) is 2.78. The number of benzene rings is 1. The minimum absolute atomic E-state index is 0.00244. The molecular formula is C25H29FN5O2P. The predicted octanol–water partition coefficient (Wildman–Crippen LogP) is 4.84. The van der Waals surface area contributed by atoms with Crippen LogP contribution in [0, 0.1) is 12.4 Å². The second kappa shape index (κ2) is 8.98. The molecule has 1 aliphatic rings. The Kier molecular flexibility index (Phi) is 6.37. The van der Waals surface area contributed by atoms with Crippen LogP contribution in [0.1, 0.15) is 25.2 Å². The van der Waals surface area contributed by atoms with E-state index in [1.165, 1.54) is 12.1 Å². The number of aromatic nitrogens is 2. The highest BCUT2D eigenvalue weighted by atomic mass is 31.2. The number of anilines is 1. The Hall–Kier alpha value is -3.01. The van der Waals surface area contributed by atoms with Gasteiger partial charge in [-0.15, -0.1) is 4.98 Å². The van der Waals surface area contributed by atoms with Gasteiger partial charge in [0.05, 0.1) is 17.0 Å². The van der Waals surface area contributed by atoms with Crippen LogP contribution in [0.2, 0.25) is 0 Å². The van der Waals surface area contributed by atoms with Crippen molar-refractivity contribution in [3.05, 3.63) is 75.6 Å². The summed E-state index contributed by atoms with van der Waals surface area (Å²) in [4.78, 5) is 25.1. The number of nitrogens with zero attached hydrogens (tertiary/aromatic N) is 5. The first kappa shape index (κ1) is 24.1. The molecule has 0 spiro atoms. The Bertz CT molecular complexity index is 1380. The molecule has 1 aromatic carbocycles. The van der Waals surface area contributed by atoms with E-state index in [0.717, 1.165) is 5.56 Å². The van der Waals surface area contributed by atoms with E-state index in [9.17, 15) is 13.8 Å². The first-order valence-corrected chi connectivity index (χ1v) is 13.9. The van der Waals surface area contributed by atoms with Gasteiger partial charge in [0.25, 0.3) is 11.4 Å². The Morgan fingerprint density at radius 2 is 1.79 bits per heavy atom. The number of halogens is 1. The maximum Gasteiger partial charge on any atom is 0.270 e. The molecule has 2 aromatic heterocycles. The summed E-state index contributed by atoms with van der Waals surface area (Å²) in [6, 6.07) is 11.2. The van der Waals surface area contributed by atoms with Crippen LogP contribution < -0.4 is 10.5 Å². The van der Waals surface area contributed by atoms with E-state index in [1.807, 2.05) is 0 Å². The molecule has 0 aliphatic carbocycles. The third-order valence-electron chi connectivity index (χ3n) is 6.58. The molecule has 1 saturated heterocycles. The molecule has 0 radical (unpaired) electrons. The van der Waals surface area contributed by atoms with Gasteiger partial charge in [0.15, 0.2) is 0 Å². The van der Waals surface area contributed by atoms with Crippen molar-refractivity contribution < 1.29 is 8.96 Å². The normalized spacial score (nSPS) is 20.3. The number of hydrogen-bond acceptors (Lipinski definition) is 5. The fraction of sp³-hybridized carbons (Fsp3) is 0.400. The zero-order valence-electron chi connectivity index (χ0n) is 20.1. The standard InChI is InChI=1S/C25H29FN5O2P/c1-16-15-31(25(34(5,6)33)18-7-9-19(26)10-8-18)17(2)14-30(16)21-13-23(32)29(4)20-11-12-22(27-3)28-24(20)21/h7-13,16-17,25H,14-15H2,1-2,4-6H3/t16-,17+,25?/m0/s1. The van der Waals surface area contributed by atoms with Crippen LogP contribution in [0.25, 0.3) is 15.9 Å². The van der Waals surface area contributed by atoms with E-state index in [2.05, 4.69) is 33.5 Å². The lowest BCUT2D eigenvalue weighted by Crippen LogP contribution is -2.57. The van der Waals surface area contributed by atoms with Crippen LogP contribution in [-0.2, 0) is 11.6 Å². The summed E-state index contributed by atoms with van der Waals surface area (Å²) >= 11 is 0. The van der Waals surface area contributed by atoms with Gasteiger partial charge in [-0.3, -0.25) is 9.69 Å². The van der Waals surface area contributed by atoms with Crippen molar-refractivity contribution in [1.29, 1.82) is 0 Å². The smallest absolute Gasteiger partial charge is 0.270 e. The summed E-state index contributed by atoms with van der Waals surface area (Å²) in [5.41, 5.74) is 2.70. The van der Waals surface area contributed by atoms with Crippen molar-refractivity contribution in [2.75, 3.05) is 31.3 Å². The molecule has 34 heavy (non-hydrogen) atoms. The van der Waals surface area contributed by atoms with Gasteiger partial charge in [0, 0.05) is 38.3 Å². The predicted molar refractivity (Wildman–Crippen MR) is 135 cm³/mol. The zero-order chi connectivity index (χ0) is 24.8. The van der Waals surface area contributed by atoms with Crippen molar-refractivity contribution in [2.24, 2.45) is 7.05 Å². The largest absolute Gasteiger partial charge is 0.362 e. The number of hydrogen-bond donors (Lipinski definition) is 0. The summed E-state index contributed by atoms with van der Waals surface area (Å²) in [6.07, 6.45) is 0. The monoisotopic (exact) mass is 481 g/mol. The van der Waals surface area contributed by atoms with Gasteiger partial charge >= 0.3 is 0 Å². The fourth-order valence-corrected chi connectivity index (χ4v) is 6.88. The first-order valence-electron chi connectivity index (χ1n) is 11.2. The third kappa shape index (κ3) is 4.38. The molecule has 1 aliphatic heterocycles. The lowest BCUT2D eigenvalue weighted by atomic mass is 10.0. The molecule has 0 N–H and O–H groups in total. The van der Waals surface area contributed by atoms with E-state index in [0.29, 0.717) is 29.8 Å². The van der Waals surface area contributed by atoms with Gasteiger partial charge in [0.1, 0.15) is 13.0 Å². The molecule has 9 heteroatoms. The molecule has 178 valence electrons. The van der Waals surface area contributed by atoms with Crippen LogP contribution in [0.5, 0.6) is 0 Å². The number of piperazine rings is 1. The molecule has 0 bridgehead atoms.